The third-order valence-corrected chi connectivity index (χ3v) is 6.72. The van der Waals surface area contributed by atoms with E-state index in [9.17, 15) is 0 Å². The minimum atomic E-state index is -0.0342. The lowest BCUT2D eigenvalue weighted by Crippen LogP contribution is -2.29. The van der Waals surface area contributed by atoms with Gasteiger partial charge in [0.2, 0.25) is 0 Å². The molecule has 4 heterocycles. The highest BCUT2D eigenvalue weighted by Crippen LogP contribution is 2.41. The van der Waals surface area contributed by atoms with Crippen molar-refractivity contribution in [2.45, 2.75) is 39.0 Å². The van der Waals surface area contributed by atoms with E-state index in [-0.39, 0.29) is 12.1 Å². The third-order valence-electron chi connectivity index (χ3n) is 6.37. The van der Waals surface area contributed by atoms with Gasteiger partial charge in [0.25, 0.3) is 0 Å². The zero-order valence-corrected chi connectivity index (χ0v) is 19.7. The monoisotopic (exact) mass is 453 g/mol. The molecular weight excluding hydrogens is 426 g/mol. The summed E-state index contributed by atoms with van der Waals surface area (Å²) in [7, 11) is 0. The highest BCUT2D eigenvalue weighted by molar-refractivity contribution is 7.80. The fourth-order valence-corrected chi connectivity index (χ4v) is 5.02. The summed E-state index contributed by atoms with van der Waals surface area (Å²) < 4.78 is 2.39. The highest BCUT2D eigenvalue weighted by atomic mass is 32.1. The Bertz CT molecular complexity index is 1240. The molecule has 1 aliphatic heterocycles. The summed E-state index contributed by atoms with van der Waals surface area (Å²) in [4.78, 5) is 11.5. The summed E-state index contributed by atoms with van der Waals surface area (Å²) in [6.07, 6.45) is 3.68. The van der Waals surface area contributed by atoms with E-state index in [2.05, 4.69) is 81.1 Å². The van der Waals surface area contributed by atoms with Gasteiger partial charge in [0.05, 0.1) is 30.0 Å². The van der Waals surface area contributed by atoms with E-state index in [1.807, 2.05) is 42.7 Å². The predicted molar refractivity (Wildman–Crippen MR) is 135 cm³/mol. The Morgan fingerprint density at radius 2 is 1.61 bits per heavy atom. The number of hydrogen-bond acceptors (Lipinski definition) is 3. The van der Waals surface area contributed by atoms with Crippen molar-refractivity contribution in [1.82, 2.24) is 24.8 Å². The van der Waals surface area contributed by atoms with Crippen LogP contribution in [-0.2, 0) is 13.1 Å². The first-order valence-electron chi connectivity index (χ1n) is 11.2. The minimum absolute atomic E-state index is 0.0186. The Morgan fingerprint density at radius 3 is 2.30 bits per heavy atom. The van der Waals surface area contributed by atoms with Crippen LogP contribution in [0, 0.1) is 13.8 Å². The molecule has 5 nitrogen and oxygen atoms in total. The molecule has 0 saturated carbocycles. The van der Waals surface area contributed by atoms with E-state index >= 15 is 0 Å². The standard InChI is InChI=1S/C27H27N5S/c1-19-16-23(20(2)31(19)17-21-10-4-3-5-11-21)26-25(24-13-7-9-15-29-24)30-27(33)32(26)18-22-12-6-8-14-28-22/h3-16,25-26H,17-18H2,1-2H3,(H,30,33). The van der Waals surface area contributed by atoms with Crippen molar-refractivity contribution in [2.75, 3.05) is 0 Å². The molecule has 4 aromatic rings. The van der Waals surface area contributed by atoms with Gasteiger partial charge in [-0.3, -0.25) is 9.97 Å². The topological polar surface area (TPSA) is 46.0 Å². The lowest BCUT2D eigenvalue weighted by atomic mass is 9.96. The van der Waals surface area contributed by atoms with Crippen molar-refractivity contribution in [2.24, 2.45) is 0 Å². The Morgan fingerprint density at radius 1 is 0.879 bits per heavy atom. The summed E-state index contributed by atoms with van der Waals surface area (Å²) in [6.45, 7) is 5.88. The molecule has 6 heteroatoms. The molecule has 1 aromatic carbocycles. The first kappa shape index (κ1) is 21.3. The predicted octanol–water partition coefficient (Wildman–Crippen LogP) is 5.12. The van der Waals surface area contributed by atoms with Gasteiger partial charge in [0.1, 0.15) is 0 Å². The normalized spacial score (nSPS) is 17.9. The summed E-state index contributed by atoms with van der Waals surface area (Å²) >= 11 is 5.83. The molecule has 2 atom stereocenters. The zero-order chi connectivity index (χ0) is 22.8. The summed E-state index contributed by atoms with van der Waals surface area (Å²) in [5.74, 6) is 0. The number of aromatic nitrogens is 3. The molecule has 2 unspecified atom stereocenters. The number of benzene rings is 1. The van der Waals surface area contributed by atoms with Crippen LogP contribution in [0.1, 0.15) is 46.0 Å². The molecular formula is C27H27N5S. The summed E-state index contributed by atoms with van der Waals surface area (Å²) in [5.41, 5.74) is 7.02. The van der Waals surface area contributed by atoms with Crippen molar-refractivity contribution in [1.29, 1.82) is 0 Å². The van der Waals surface area contributed by atoms with E-state index < -0.39 is 0 Å². The summed E-state index contributed by atoms with van der Waals surface area (Å²) in [5, 5.41) is 4.28. The maximum absolute atomic E-state index is 5.83. The Labute approximate surface area is 200 Å². The van der Waals surface area contributed by atoms with Gasteiger partial charge in [0, 0.05) is 30.3 Å². The maximum atomic E-state index is 5.83. The molecule has 5 rings (SSSR count). The third kappa shape index (κ3) is 4.26. The molecule has 1 saturated heterocycles. The fraction of sp³-hybridized carbons (Fsp3) is 0.222. The lowest BCUT2D eigenvalue weighted by Gasteiger charge is -2.28. The van der Waals surface area contributed by atoms with E-state index in [0.29, 0.717) is 6.54 Å². The van der Waals surface area contributed by atoms with Crippen LogP contribution < -0.4 is 5.32 Å². The van der Waals surface area contributed by atoms with Gasteiger partial charge in [-0.05, 0) is 67.5 Å². The van der Waals surface area contributed by atoms with Gasteiger partial charge in [-0.25, -0.2) is 0 Å². The number of pyridine rings is 2. The Balaban J connectivity index is 1.56. The smallest absolute Gasteiger partial charge is 0.170 e. The maximum Gasteiger partial charge on any atom is 0.170 e. The minimum Gasteiger partial charge on any atom is -0.352 e. The van der Waals surface area contributed by atoms with E-state index in [1.54, 1.807) is 0 Å². The van der Waals surface area contributed by atoms with Crippen LogP contribution in [0.15, 0.2) is 85.2 Å². The fourth-order valence-electron chi connectivity index (χ4n) is 4.72. The number of nitrogens with zero attached hydrogens (tertiary/aromatic N) is 4. The van der Waals surface area contributed by atoms with Gasteiger partial charge in [-0.15, -0.1) is 0 Å². The Kier molecular flexibility index (Phi) is 5.92. The van der Waals surface area contributed by atoms with Crippen LogP contribution in [-0.4, -0.2) is 24.5 Å². The van der Waals surface area contributed by atoms with Crippen LogP contribution in [0.25, 0.3) is 0 Å². The SMILES string of the molecule is Cc1cc(C2C(c3ccccn3)NC(=S)N2Cc2ccccn2)c(C)n1Cc1ccccc1. The van der Waals surface area contributed by atoms with Crippen molar-refractivity contribution >= 4 is 17.3 Å². The number of rotatable bonds is 6. The van der Waals surface area contributed by atoms with Crippen LogP contribution in [0.2, 0.25) is 0 Å². The second kappa shape index (κ2) is 9.16. The second-order valence-corrected chi connectivity index (χ2v) is 8.86. The van der Waals surface area contributed by atoms with Crippen molar-refractivity contribution < 1.29 is 0 Å². The molecule has 1 fully saturated rings. The van der Waals surface area contributed by atoms with Crippen LogP contribution in [0.4, 0.5) is 0 Å². The van der Waals surface area contributed by atoms with Gasteiger partial charge < -0.3 is 14.8 Å². The van der Waals surface area contributed by atoms with E-state index in [4.69, 9.17) is 12.2 Å². The van der Waals surface area contributed by atoms with Crippen molar-refractivity contribution in [3.05, 3.63) is 119 Å². The molecule has 0 amide bonds. The second-order valence-electron chi connectivity index (χ2n) is 8.47. The molecule has 166 valence electrons. The van der Waals surface area contributed by atoms with Gasteiger partial charge in [0.15, 0.2) is 5.11 Å². The molecule has 0 radical (unpaired) electrons. The first-order valence-corrected chi connectivity index (χ1v) is 11.6. The van der Waals surface area contributed by atoms with Crippen molar-refractivity contribution in [3.8, 4) is 0 Å². The first-order chi connectivity index (χ1) is 16.1. The van der Waals surface area contributed by atoms with Crippen LogP contribution in [0.5, 0.6) is 0 Å². The van der Waals surface area contributed by atoms with Gasteiger partial charge >= 0.3 is 0 Å². The quantitative estimate of drug-likeness (QED) is 0.411. The van der Waals surface area contributed by atoms with Crippen molar-refractivity contribution in [3.63, 3.8) is 0 Å². The molecule has 0 aliphatic carbocycles. The lowest BCUT2D eigenvalue weighted by molar-refractivity contribution is 0.307. The number of nitrogens with one attached hydrogen (secondary N) is 1. The van der Waals surface area contributed by atoms with E-state index in [1.165, 1.54) is 22.5 Å². The number of hydrogen-bond donors (Lipinski definition) is 1. The molecule has 1 aliphatic rings. The zero-order valence-electron chi connectivity index (χ0n) is 18.8. The van der Waals surface area contributed by atoms with Gasteiger partial charge in [-0.2, -0.15) is 0 Å². The molecule has 33 heavy (non-hydrogen) atoms. The number of aryl methyl sites for hydroxylation is 1. The molecule has 1 N–H and O–H groups in total. The van der Waals surface area contributed by atoms with Crippen LogP contribution in [0.3, 0.4) is 0 Å². The van der Waals surface area contributed by atoms with Crippen LogP contribution >= 0.6 is 12.2 Å². The highest BCUT2D eigenvalue weighted by Gasteiger charge is 2.41. The largest absolute Gasteiger partial charge is 0.352 e. The molecule has 0 bridgehead atoms. The molecule has 3 aromatic heterocycles. The Hall–Kier alpha value is -3.51. The van der Waals surface area contributed by atoms with Gasteiger partial charge in [-0.1, -0.05) is 42.5 Å². The average Bonchev–Trinajstić information content (AvgIpc) is 3.31. The van der Waals surface area contributed by atoms with E-state index in [0.717, 1.165) is 23.0 Å². The average molecular weight is 454 g/mol. The molecule has 0 spiro atoms. The number of thiocarbonyl (C=S) groups is 1. The summed E-state index contributed by atoms with van der Waals surface area (Å²) in [6, 6.07) is 24.9.